The number of ether oxygens (including phenoxy) is 2. The molecule has 2 atom stereocenters. The number of hydrogen-bond acceptors (Lipinski definition) is 3. The SMILES string of the molecule is CCC(C)c1cc(O)c2c(c1)OC(C)O2. The van der Waals surface area contributed by atoms with Crippen LogP contribution in [0.1, 0.15) is 38.7 Å². The lowest BCUT2D eigenvalue weighted by Crippen LogP contribution is -2.11. The van der Waals surface area contributed by atoms with Gasteiger partial charge in [-0.25, -0.2) is 0 Å². The highest BCUT2D eigenvalue weighted by Crippen LogP contribution is 2.44. The van der Waals surface area contributed by atoms with Crippen LogP contribution in [-0.4, -0.2) is 11.4 Å². The number of rotatable bonds is 2. The molecule has 1 N–H and O–H groups in total. The van der Waals surface area contributed by atoms with Gasteiger partial charge in [-0.1, -0.05) is 13.8 Å². The van der Waals surface area contributed by atoms with Crippen molar-refractivity contribution < 1.29 is 14.6 Å². The highest BCUT2D eigenvalue weighted by Gasteiger charge is 2.25. The number of phenolic OH excluding ortho intramolecular Hbond substituents is 1. The number of phenols is 1. The van der Waals surface area contributed by atoms with E-state index in [1.165, 1.54) is 0 Å². The minimum Gasteiger partial charge on any atom is -0.504 e. The second-order valence-electron chi connectivity index (χ2n) is 3.98. The van der Waals surface area contributed by atoms with Crippen LogP contribution >= 0.6 is 0 Å². The molecular formula is C12H16O3. The van der Waals surface area contributed by atoms with Gasteiger partial charge in [-0.2, -0.15) is 0 Å². The summed E-state index contributed by atoms with van der Waals surface area (Å²) in [6.45, 7) is 6.05. The van der Waals surface area contributed by atoms with E-state index in [2.05, 4.69) is 13.8 Å². The third-order valence-corrected chi connectivity index (χ3v) is 2.82. The highest BCUT2D eigenvalue weighted by atomic mass is 16.7. The van der Waals surface area contributed by atoms with Gasteiger partial charge in [0.25, 0.3) is 0 Å². The van der Waals surface area contributed by atoms with Crippen molar-refractivity contribution in [3.05, 3.63) is 17.7 Å². The van der Waals surface area contributed by atoms with Gasteiger partial charge in [0.05, 0.1) is 0 Å². The van der Waals surface area contributed by atoms with Gasteiger partial charge in [0.2, 0.25) is 12.0 Å². The van der Waals surface area contributed by atoms with Crippen LogP contribution in [0, 0.1) is 0 Å². The predicted molar refractivity (Wildman–Crippen MR) is 57.5 cm³/mol. The molecule has 0 spiro atoms. The van der Waals surface area contributed by atoms with Gasteiger partial charge in [0.1, 0.15) is 0 Å². The summed E-state index contributed by atoms with van der Waals surface area (Å²) in [5, 5.41) is 9.77. The number of aromatic hydroxyl groups is 1. The van der Waals surface area contributed by atoms with Gasteiger partial charge in [0.15, 0.2) is 11.5 Å². The molecule has 1 aliphatic rings. The zero-order valence-corrected chi connectivity index (χ0v) is 9.28. The third-order valence-electron chi connectivity index (χ3n) is 2.82. The fourth-order valence-electron chi connectivity index (χ4n) is 1.70. The number of fused-ring (bicyclic) bond motifs is 1. The molecule has 0 fully saturated rings. The summed E-state index contributed by atoms with van der Waals surface area (Å²) in [6.07, 6.45) is 0.729. The normalized spacial score (nSPS) is 20.3. The topological polar surface area (TPSA) is 38.7 Å². The molecule has 0 amide bonds. The maximum atomic E-state index is 9.77. The molecule has 0 saturated heterocycles. The quantitative estimate of drug-likeness (QED) is 0.811. The molecule has 1 aliphatic heterocycles. The molecule has 15 heavy (non-hydrogen) atoms. The van der Waals surface area contributed by atoms with Gasteiger partial charge in [-0.15, -0.1) is 0 Å². The largest absolute Gasteiger partial charge is 0.504 e. The van der Waals surface area contributed by atoms with Gasteiger partial charge in [-0.05, 0) is 30.0 Å². The zero-order chi connectivity index (χ0) is 11.0. The summed E-state index contributed by atoms with van der Waals surface area (Å²) in [5.41, 5.74) is 1.09. The molecule has 2 unspecified atom stereocenters. The molecule has 1 aromatic rings. The fourth-order valence-corrected chi connectivity index (χ4v) is 1.70. The predicted octanol–water partition coefficient (Wildman–Crippen LogP) is 3.02. The number of hydrogen-bond donors (Lipinski definition) is 1. The van der Waals surface area contributed by atoms with Crippen molar-refractivity contribution in [2.75, 3.05) is 0 Å². The standard InChI is InChI=1S/C12H16O3/c1-4-7(2)9-5-10(13)12-11(6-9)14-8(3)15-12/h5-8,13H,4H2,1-3H3. The molecule has 0 aromatic heterocycles. The van der Waals surface area contributed by atoms with E-state index >= 15 is 0 Å². The Kier molecular flexibility index (Phi) is 2.47. The first-order chi connectivity index (χ1) is 7.11. The van der Waals surface area contributed by atoms with E-state index in [-0.39, 0.29) is 12.0 Å². The molecule has 1 aromatic carbocycles. The Balaban J connectivity index is 2.40. The van der Waals surface area contributed by atoms with E-state index in [0.717, 1.165) is 12.0 Å². The monoisotopic (exact) mass is 208 g/mol. The Bertz CT molecular complexity index is 373. The van der Waals surface area contributed by atoms with E-state index in [1.807, 2.05) is 13.0 Å². The van der Waals surface area contributed by atoms with Crippen molar-refractivity contribution >= 4 is 0 Å². The summed E-state index contributed by atoms with van der Waals surface area (Å²) in [4.78, 5) is 0. The lowest BCUT2D eigenvalue weighted by Gasteiger charge is -2.10. The molecule has 0 radical (unpaired) electrons. The summed E-state index contributed by atoms with van der Waals surface area (Å²) in [6, 6.07) is 3.71. The van der Waals surface area contributed by atoms with Crippen LogP contribution in [0.4, 0.5) is 0 Å². The second-order valence-corrected chi connectivity index (χ2v) is 3.98. The van der Waals surface area contributed by atoms with Crippen molar-refractivity contribution in [1.82, 2.24) is 0 Å². The summed E-state index contributed by atoms with van der Waals surface area (Å²) in [5.74, 6) is 1.71. The minimum absolute atomic E-state index is 0.173. The van der Waals surface area contributed by atoms with Crippen LogP contribution in [0.2, 0.25) is 0 Å². The Morgan fingerprint density at radius 1 is 1.40 bits per heavy atom. The summed E-state index contributed by atoms with van der Waals surface area (Å²) >= 11 is 0. The van der Waals surface area contributed by atoms with Gasteiger partial charge in [-0.3, -0.25) is 0 Å². The van der Waals surface area contributed by atoms with Crippen LogP contribution in [0.15, 0.2) is 12.1 Å². The van der Waals surface area contributed by atoms with Crippen molar-refractivity contribution in [3.8, 4) is 17.2 Å². The fraction of sp³-hybridized carbons (Fsp3) is 0.500. The van der Waals surface area contributed by atoms with Crippen molar-refractivity contribution in [2.24, 2.45) is 0 Å². The van der Waals surface area contributed by atoms with Gasteiger partial charge >= 0.3 is 0 Å². The molecule has 0 bridgehead atoms. The van der Waals surface area contributed by atoms with Gasteiger partial charge < -0.3 is 14.6 Å². The van der Waals surface area contributed by atoms with Crippen LogP contribution in [-0.2, 0) is 0 Å². The van der Waals surface area contributed by atoms with E-state index in [0.29, 0.717) is 17.4 Å². The van der Waals surface area contributed by atoms with E-state index < -0.39 is 0 Å². The molecule has 0 saturated carbocycles. The lowest BCUT2D eigenvalue weighted by molar-refractivity contribution is 0.0664. The van der Waals surface area contributed by atoms with E-state index in [1.54, 1.807) is 6.07 Å². The Hall–Kier alpha value is -1.38. The Morgan fingerprint density at radius 3 is 2.80 bits per heavy atom. The molecular weight excluding hydrogens is 192 g/mol. The van der Waals surface area contributed by atoms with E-state index in [4.69, 9.17) is 9.47 Å². The van der Waals surface area contributed by atoms with Crippen LogP contribution < -0.4 is 9.47 Å². The van der Waals surface area contributed by atoms with Crippen molar-refractivity contribution in [1.29, 1.82) is 0 Å². The van der Waals surface area contributed by atoms with Crippen LogP contribution in [0.5, 0.6) is 17.2 Å². The molecule has 2 rings (SSSR count). The molecule has 1 heterocycles. The Labute approximate surface area is 89.6 Å². The molecule has 82 valence electrons. The lowest BCUT2D eigenvalue weighted by atomic mass is 9.98. The average Bonchev–Trinajstić information content (AvgIpc) is 2.58. The molecule has 0 aliphatic carbocycles. The van der Waals surface area contributed by atoms with Crippen LogP contribution in [0.3, 0.4) is 0 Å². The Morgan fingerprint density at radius 2 is 2.13 bits per heavy atom. The minimum atomic E-state index is -0.307. The second kappa shape index (κ2) is 3.65. The molecule has 3 heteroatoms. The average molecular weight is 208 g/mol. The third kappa shape index (κ3) is 1.74. The summed E-state index contributed by atoms with van der Waals surface area (Å²) < 4.78 is 10.8. The first kappa shape index (κ1) is 10.1. The highest BCUT2D eigenvalue weighted by molar-refractivity contribution is 5.55. The molecule has 3 nitrogen and oxygen atoms in total. The van der Waals surface area contributed by atoms with Crippen LogP contribution in [0.25, 0.3) is 0 Å². The van der Waals surface area contributed by atoms with E-state index in [9.17, 15) is 5.11 Å². The van der Waals surface area contributed by atoms with Gasteiger partial charge in [0, 0.05) is 6.92 Å². The van der Waals surface area contributed by atoms with Crippen molar-refractivity contribution in [3.63, 3.8) is 0 Å². The zero-order valence-electron chi connectivity index (χ0n) is 9.28. The first-order valence-corrected chi connectivity index (χ1v) is 5.32. The number of benzene rings is 1. The maximum absolute atomic E-state index is 9.77. The smallest absolute Gasteiger partial charge is 0.239 e. The first-order valence-electron chi connectivity index (χ1n) is 5.32. The maximum Gasteiger partial charge on any atom is 0.239 e. The van der Waals surface area contributed by atoms with Crippen molar-refractivity contribution in [2.45, 2.75) is 39.4 Å². The summed E-state index contributed by atoms with van der Waals surface area (Å²) in [7, 11) is 0.